The number of aliphatic carboxylic acids is 1. The fourth-order valence-corrected chi connectivity index (χ4v) is 1.60. The van der Waals surface area contributed by atoms with Crippen LogP contribution in [0.1, 0.15) is 26.7 Å². The third kappa shape index (κ3) is 9.32. The number of carbonyl (C=O) groups is 3. The highest BCUT2D eigenvalue weighted by Crippen LogP contribution is 1.97. The number of carboxylic acids is 1. The summed E-state index contributed by atoms with van der Waals surface area (Å²) in [5, 5.41) is 11.4. The fraction of sp³-hybridized carbons (Fsp3) is 0.769. The van der Waals surface area contributed by atoms with Crippen molar-refractivity contribution in [1.82, 2.24) is 10.2 Å². The molecule has 0 fully saturated rings. The second-order valence-corrected chi connectivity index (χ2v) is 4.69. The summed E-state index contributed by atoms with van der Waals surface area (Å²) in [5.74, 6) is -1.86. The summed E-state index contributed by atoms with van der Waals surface area (Å²) < 4.78 is 4.76. The van der Waals surface area contributed by atoms with Gasteiger partial charge in [0.25, 0.3) is 0 Å². The lowest BCUT2D eigenvalue weighted by atomic mass is 10.2. The molecule has 0 aliphatic heterocycles. The van der Waals surface area contributed by atoms with Crippen molar-refractivity contribution in [3.8, 4) is 0 Å². The smallest absolute Gasteiger partial charge is 0.307 e. The molecule has 7 heteroatoms. The second kappa shape index (κ2) is 10.2. The summed E-state index contributed by atoms with van der Waals surface area (Å²) in [7, 11) is 1.69. The number of ether oxygens (including phenoxy) is 1. The normalized spacial score (nSPS) is 12.0. The highest BCUT2D eigenvalue weighted by molar-refractivity contribution is 5.78. The van der Waals surface area contributed by atoms with E-state index in [1.165, 1.54) is 0 Å². The van der Waals surface area contributed by atoms with Crippen molar-refractivity contribution in [2.75, 3.05) is 33.3 Å². The lowest BCUT2D eigenvalue weighted by Crippen LogP contribution is -2.38. The maximum Gasteiger partial charge on any atom is 0.307 e. The molecule has 7 nitrogen and oxygen atoms in total. The number of rotatable bonds is 10. The van der Waals surface area contributed by atoms with E-state index in [0.717, 1.165) is 0 Å². The Kier molecular flexibility index (Phi) is 9.36. The summed E-state index contributed by atoms with van der Waals surface area (Å²) >= 11 is 0. The maximum absolute atomic E-state index is 11.6. The van der Waals surface area contributed by atoms with E-state index in [9.17, 15) is 14.4 Å². The number of nitrogens with one attached hydrogen (secondary N) is 1. The Morgan fingerprint density at radius 2 is 2.00 bits per heavy atom. The fourth-order valence-electron chi connectivity index (χ4n) is 1.60. The largest absolute Gasteiger partial charge is 0.481 e. The van der Waals surface area contributed by atoms with E-state index in [1.54, 1.807) is 25.8 Å². The summed E-state index contributed by atoms with van der Waals surface area (Å²) in [6.45, 7) is 4.55. The Morgan fingerprint density at radius 3 is 2.55 bits per heavy atom. The van der Waals surface area contributed by atoms with Crippen LogP contribution in [0.15, 0.2) is 0 Å². The molecule has 0 radical (unpaired) electrons. The van der Waals surface area contributed by atoms with E-state index < -0.39 is 11.9 Å². The highest BCUT2D eigenvalue weighted by atomic mass is 16.5. The molecular formula is C13H24N2O5. The number of carbonyl (C=O) groups excluding carboxylic acids is 2. The SMILES string of the molecule is CCOC(=O)CCCNC(=O)CN(C)CC(C)C(=O)O. The number of hydrogen-bond acceptors (Lipinski definition) is 5. The first kappa shape index (κ1) is 18.4. The zero-order valence-corrected chi connectivity index (χ0v) is 12.3. The van der Waals surface area contributed by atoms with Gasteiger partial charge in [-0.1, -0.05) is 6.92 Å². The van der Waals surface area contributed by atoms with Gasteiger partial charge < -0.3 is 15.2 Å². The molecule has 0 aliphatic rings. The first-order chi connectivity index (χ1) is 9.36. The second-order valence-electron chi connectivity index (χ2n) is 4.69. The summed E-state index contributed by atoms with van der Waals surface area (Å²) in [6.07, 6.45) is 0.805. The molecule has 2 N–H and O–H groups in total. The van der Waals surface area contributed by atoms with Gasteiger partial charge in [-0.15, -0.1) is 0 Å². The number of amides is 1. The minimum absolute atomic E-state index is 0.136. The van der Waals surface area contributed by atoms with E-state index >= 15 is 0 Å². The van der Waals surface area contributed by atoms with Crippen LogP contribution in [0.5, 0.6) is 0 Å². The molecule has 0 rings (SSSR count). The van der Waals surface area contributed by atoms with Gasteiger partial charge >= 0.3 is 11.9 Å². The number of nitrogens with zero attached hydrogens (tertiary/aromatic N) is 1. The maximum atomic E-state index is 11.6. The Bertz CT molecular complexity index is 333. The zero-order chi connectivity index (χ0) is 15.5. The minimum Gasteiger partial charge on any atom is -0.481 e. The van der Waals surface area contributed by atoms with E-state index in [4.69, 9.17) is 9.84 Å². The van der Waals surface area contributed by atoms with Crippen molar-refractivity contribution in [3.05, 3.63) is 0 Å². The molecule has 1 atom stereocenters. The summed E-state index contributed by atoms with van der Waals surface area (Å²) in [4.78, 5) is 34.9. The first-order valence-corrected chi connectivity index (χ1v) is 6.70. The van der Waals surface area contributed by atoms with Gasteiger partial charge in [0.1, 0.15) is 0 Å². The number of carboxylic acid groups (broad SMARTS) is 1. The van der Waals surface area contributed by atoms with Crippen LogP contribution in [0.4, 0.5) is 0 Å². The lowest BCUT2D eigenvalue weighted by molar-refractivity contribution is -0.143. The first-order valence-electron chi connectivity index (χ1n) is 6.70. The number of esters is 1. The van der Waals surface area contributed by atoms with Crippen molar-refractivity contribution in [1.29, 1.82) is 0 Å². The van der Waals surface area contributed by atoms with E-state index in [-0.39, 0.29) is 24.8 Å². The molecule has 0 saturated heterocycles. The Morgan fingerprint density at radius 1 is 1.35 bits per heavy atom. The lowest BCUT2D eigenvalue weighted by Gasteiger charge is -2.18. The molecule has 1 amide bonds. The molecule has 116 valence electrons. The third-order valence-electron chi connectivity index (χ3n) is 2.61. The van der Waals surface area contributed by atoms with Crippen LogP contribution in [0.2, 0.25) is 0 Å². The molecule has 0 bridgehead atoms. The van der Waals surface area contributed by atoms with Crippen molar-refractivity contribution in [3.63, 3.8) is 0 Å². The van der Waals surface area contributed by atoms with Gasteiger partial charge in [-0.3, -0.25) is 19.3 Å². The molecule has 1 unspecified atom stereocenters. The molecule has 0 aromatic heterocycles. The monoisotopic (exact) mass is 288 g/mol. The average molecular weight is 288 g/mol. The van der Waals surface area contributed by atoms with Crippen LogP contribution in [0.25, 0.3) is 0 Å². The van der Waals surface area contributed by atoms with Crippen LogP contribution in [0, 0.1) is 5.92 Å². The molecule has 0 spiro atoms. The average Bonchev–Trinajstić information content (AvgIpc) is 2.34. The minimum atomic E-state index is -0.883. The Hall–Kier alpha value is -1.63. The van der Waals surface area contributed by atoms with Crippen LogP contribution in [-0.4, -0.2) is 61.1 Å². The van der Waals surface area contributed by atoms with Crippen molar-refractivity contribution in [2.24, 2.45) is 5.92 Å². The molecule has 20 heavy (non-hydrogen) atoms. The number of hydrogen-bond donors (Lipinski definition) is 2. The van der Waals surface area contributed by atoms with Crippen molar-refractivity contribution in [2.45, 2.75) is 26.7 Å². The van der Waals surface area contributed by atoms with Gasteiger partial charge in [0.05, 0.1) is 19.1 Å². The standard InChI is InChI=1S/C13H24N2O5/c1-4-20-12(17)6-5-7-14-11(16)9-15(3)8-10(2)13(18)19/h10H,4-9H2,1-3H3,(H,14,16)(H,18,19). The predicted octanol–water partition coefficient (Wildman–Crippen LogP) is 0.0984. The zero-order valence-electron chi connectivity index (χ0n) is 12.3. The molecule has 0 heterocycles. The molecule has 0 aromatic carbocycles. The summed E-state index contributed by atoms with van der Waals surface area (Å²) in [5.41, 5.74) is 0. The van der Waals surface area contributed by atoms with Crippen LogP contribution >= 0.6 is 0 Å². The quantitative estimate of drug-likeness (QED) is 0.437. The van der Waals surface area contributed by atoms with E-state index in [1.807, 2.05) is 0 Å². The number of likely N-dealkylation sites (N-methyl/N-ethyl adjacent to an activating group) is 1. The highest BCUT2D eigenvalue weighted by Gasteiger charge is 2.15. The van der Waals surface area contributed by atoms with E-state index in [2.05, 4.69) is 5.32 Å². The van der Waals surface area contributed by atoms with Gasteiger partial charge in [0, 0.05) is 19.5 Å². The van der Waals surface area contributed by atoms with Crippen LogP contribution in [0.3, 0.4) is 0 Å². The third-order valence-corrected chi connectivity index (χ3v) is 2.61. The van der Waals surface area contributed by atoms with Gasteiger partial charge in [-0.25, -0.2) is 0 Å². The predicted molar refractivity (Wildman–Crippen MR) is 73.2 cm³/mol. The van der Waals surface area contributed by atoms with Gasteiger partial charge in [-0.2, -0.15) is 0 Å². The van der Waals surface area contributed by atoms with Crippen molar-refractivity contribution < 1.29 is 24.2 Å². The van der Waals surface area contributed by atoms with Crippen molar-refractivity contribution >= 4 is 17.8 Å². The molecule has 0 aromatic rings. The van der Waals surface area contributed by atoms with Gasteiger partial charge in [0.2, 0.25) is 5.91 Å². The molecule has 0 saturated carbocycles. The van der Waals surface area contributed by atoms with Crippen LogP contribution in [-0.2, 0) is 19.1 Å². The summed E-state index contributed by atoms with van der Waals surface area (Å²) in [6, 6.07) is 0. The van der Waals surface area contributed by atoms with Crippen LogP contribution < -0.4 is 5.32 Å². The van der Waals surface area contributed by atoms with E-state index in [0.29, 0.717) is 26.1 Å². The Labute approximate surface area is 119 Å². The molecular weight excluding hydrogens is 264 g/mol. The van der Waals surface area contributed by atoms with Gasteiger partial charge in [-0.05, 0) is 20.4 Å². The van der Waals surface area contributed by atoms with Gasteiger partial charge in [0.15, 0.2) is 0 Å². The Balaban J connectivity index is 3.72. The molecule has 0 aliphatic carbocycles. The topological polar surface area (TPSA) is 95.9 Å².